The molecule has 0 N–H and O–H groups in total. The van der Waals surface area contributed by atoms with Crippen LogP contribution >= 0.6 is 0 Å². The monoisotopic (exact) mass is 525 g/mol. The second kappa shape index (κ2) is 10.2. The van der Waals surface area contributed by atoms with Gasteiger partial charge in [-0.2, -0.15) is 5.26 Å². The van der Waals surface area contributed by atoms with Gasteiger partial charge in [0.1, 0.15) is 0 Å². The zero-order valence-corrected chi connectivity index (χ0v) is 22.7. The van der Waals surface area contributed by atoms with Crippen LogP contribution in [0.25, 0.3) is 38.6 Å². The van der Waals surface area contributed by atoms with Gasteiger partial charge < -0.3 is 9.47 Å². The lowest BCUT2D eigenvalue weighted by Crippen LogP contribution is -2.10. The highest BCUT2D eigenvalue weighted by Crippen LogP contribution is 2.44. The van der Waals surface area contributed by atoms with Gasteiger partial charge in [-0.3, -0.25) is 0 Å². The van der Waals surface area contributed by atoms with Crippen molar-refractivity contribution in [3.8, 4) is 22.9 Å². The third kappa shape index (κ3) is 4.23. The summed E-state index contributed by atoms with van der Waals surface area (Å²) in [4.78, 5) is 2.35. The van der Waals surface area contributed by atoms with Crippen LogP contribution in [0.1, 0.15) is 11.1 Å². The van der Waals surface area contributed by atoms with Gasteiger partial charge in [0, 0.05) is 27.8 Å². The van der Waals surface area contributed by atoms with Crippen LogP contribution in [0.2, 0.25) is 0 Å². The van der Waals surface area contributed by atoms with Crippen LogP contribution in [0, 0.1) is 18.3 Å². The van der Waals surface area contributed by atoms with E-state index in [-0.39, 0.29) is 0 Å². The van der Waals surface area contributed by atoms with Crippen LogP contribution in [-0.2, 0) is 0 Å². The average molecular weight is 526 g/mol. The molecule has 0 aliphatic carbocycles. The van der Waals surface area contributed by atoms with Crippen molar-refractivity contribution in [1.29, 1.82) is 5.26 Å². The van der Waals surface area contributed by atoms with E-state index >= 15 is 0 Å². The van der Waals surface area contributed by atoms with Crippen LogP contribution < -0.4 is 4.90 Å². The van der Waals surface area contributed by atoms with E-state index in [1.807, 2.05) is 24.3 Å². The van der Waals surface area contributed by atoms with Crippen molar-refractivity contribution in [2.75, 3.05) is 4.90 Å². The smallest absolute Gasteiger partial charge is 0.0991 e. The lowest BCUT2D eigenvalue weighted by molar-refractivity contribution is 1.18. The molecule has 0 atom stereocenters. The number of aromatic nitrogens is 1. The number of nitriles is 1. The second-order valence-electron chi connectivity index (χ2n) is 10.2. The summed E-state index contributed by atoms with van der Waals surface area (Å²) < 4.78 is 2.29. The maximum atomic E-state index is 9.35. The fourth-order valence-corrected chi connectivity index (χ4v) is 5.84. The normalized spacial score (nSPS) is 11.0. The molecule has 0 bridgehead atoms. The van der Waals surface area contributed by atoms with Gasteiger partial charge in [-0.25, -0.2) is 0 Å². The molecule has 194 valence electrons. The highest BCUT2D eigenvalue weighted by atomic mass is 15.1. The Morgan fingerprint density at radius 2 is 1.24 bits per heavy atom. The van der Waals surface area contributed by atoms with Crippen molar-refractivity contribution in [2.24, 2.45) is 0 Å². The summed E-state index contributed by atoms with van der Waals surface area (Å²) >= 11 is 0. The molecular formula is C38H27N3. The fourth-order valence-electron chi connectivity index (χ4n) is 5.84. The Morgan fingerprint density at radius 1 is 0.585 bits per heavy atom. The first kappa shape index (κ1) is 24.5. The van der Waals surface area contributed by atoms with Gasteiger partial charge in [-0.05, 0) is 90.3 Å². The SMILES string of the molecule is Cc1ccccc1-c1ccc(N(c2ccccc2)c2cccc3c2c2ccccc2n3-c2ccc(C#N)cc2)cc1. The molecule has 0 unspecified atom stereocenters. The summed E-state index contributed by atoms with van der Waals surface area (Å²) in [6, 6.07) is 53.1. The number of benzene rings is 6. The Labute approximate surface area is 239 Å². The molecule has 0 aliphatic rings. The number of aryl methyl sites for hydroxylation is 1. The maximum Gasteiger partial charge on any atom is 0.0991 e. The molecular weight excluding hydrogens is 498 g/mol. The van der Waals surface area contributed by atoms with Crippen molar-refractivity contribution < 1.29 is 0 Å². The Balaban J connectivity index is 1.46. The number of anilines is 3. The highest BCUT2D eigenvalue weighted by molar-refractivity contribution is 6.16. The molecule has 7 rings (SSSR count). The lowest BCUT2D eigenvalue weighted by atomic mass is 10.00. The van der Waals surface area contributed by atoms with Crippen LogP contribution in [0.4, 0.5) is 17.1 Å². The number of nitrogens with zero attached hydrogens (tertiary/aromatic N) is 3. The molecule has 0 amide bonds. The van der Waals surface area contributed by atoms with E-state index in [1.54, 1.807) is 0 Å². The predicted molar refractivity (Wildman–Crippen MR) is 170 cm³/mol. The summed E-state index contributed by atoms with van der Waals surface area (Å²) in [5.41, 5.74) is 10.9. The van der Waals surface area contributed by atoms with E-state index in [1.165, 1.54) is 27.5 Å². The third-order valence-electron chi connectivity index (χ3n) is 7.77. The quantitative estimate of drug-likeness (QED) is 0.224. The number of hydrogen-bond donors (Lipinski definition) is 0. The molecule has 0 radical (unpaired) electrons. The van der Waals surface area contributed by atoms with E-state index in [9.17, 15) is 5.26 Å². The zero-order valence-electron chi connectivity index (χ0n) is 22.7. The first-order valence-corrected chi connectivity index (χ1v) is 13.8. The van der Waals surface area contributed by atoms with Gasteiger partial charge in [-0.15, -0.1) is 0 Å². The standard InChI is InChI=1S/C38H27N3/c1-27-10-5-6-13-33(27)29-20-24-31(25-21-29)40(30-11-3-2-4-12-30)36-16-9-17-37-38(36)34-14-7-8-15-35(34)41(37)32-22-18-28(26-39)19-23-32/h2-25H,1H3. The van der Waals surface area contributed by atoms with Gasteiger partial charge in [-0.1, -0.05) is 78.9 Å². The topological polar surface area (TPSA) is 32.0 Å². The van der Waals surface area contributed by atoms with Crippen LogP contribution in [0.15, 0.2) is 146 Å². The Hall–Kier alpha value is -5.59. The fraction of sp³-hybridized carbons (Fsp3) is 0.0263. The van der Waals surface area contributed by atoms with Crippen molar-refractivity contribution in [2.45, 2.75) is 6.92 Å². The van der Waals surface area contributed by atoms with E-state index in [0.717, 1.165) is 33.8 Å². The molecule has 0 saturated heterocycles. The molecule has 1 aromatic heterocycles. The number of fused-ring (bicyclic) bond motifs is 3. The Kier molecular flexibility index (Phi) is 6.07. The Morgan fingerprint density at radius 3 is 2.00 bits per heavy atom. The van der Waals surface area contributed by atoms with E-state index in [0.29, 0.717) is 5.56 Å². The largest absolute Gasteiger partial charge is 0.310 e. The van der Waals surface area contributed by atoms with Gasteiger partial charge in [0.25, 0.3) is 0 Å². The molecule has 3 heteroatoms. The number of rotatable bonds is 5. The molecule has 6 aromatic carbocycles. The molecule has 1 heterocycles. The second-order valence-corrected chi connectivity index (χ2v) is 10.2. The first-order chi connectivity index (χ1) is 20.2. The van der Waals surface area contributed by atoms with Crippen molar-refractivity contribution in [3.05, 3.63) is 157 Å². The zero-order chi connectivity index (χ0) is 27.8. The molecule has 0 saturated carbocycles. The highest BCUT2D eigenvalue weighted by Gasteiger charge is 2.20. The molecule has 41 heavy (non-hydrogen) atoms. The minimum Gasteiger partial charge on any atom is -0.310 e. The van der Waals surface area contributed by atoms with Crippen molar-refractivity contribution >= 4 is 38.9 Å². The summed E-state index contributed by atoms with van der Waals surface area (Å²) in [7, 11) is 0. The van der Waals surface area contributed by atoms with Crippen molar-refractivity contribution in [3.63, 3.8) is 0 Å². The number of hydrogen-bond acceptors (Lipinski definition) is 2. The van der Waals surface area contributed by atoms with Crippen molar-refractivity contribution in [1.82, 2.24) is 4.57 Å². The maximum absolute atomic E-state index is 9.35. The first-order valence-electron chi connectivity index (χ1n) is 13.8. The summed E-state index contributed by atoms with van der Waals surface area (Å²) in [5, 5.41) is 11.7. The number of para-hydroxylation sites is 2. The van der Waals surface area contributed by atoms with Gasteiger partial charge in [0.15, 0.2) is 0 Å². The van der Waals surface area contributed by atoms with E-state index < -0.39 is 0 Å². The summed E-state index contributed by atoms with van der Waals surface area (Å²) in [6.07, 6.45) is 0. The average Bonchev–Trinajstić information content (AvgIpc) is 3.37. The molecule has 0 fully saturated rings. The van der Waals surface area contributed by atoms with Crippen LogP contribution in [0.5, 0.6) is 0 Å². The predicted octanol–water partition coefficient (Wildman–Crippen LogP) is 10.1. The molecule has 0 aliphatic heterocycles. The van der Waals surface area contributed by atoms with Gasteiger partial charge >= 0.3 is 0 Å². The molecule has 3 nitrogen and oxygen atoms in total. The Bertz CT molecular complexity index is 2040. The lowest BCUT2D eigenvalue weighted by Gasteiger charge is -2.26. The minimum absolute atomic E-state index is 0.652. The summed E-state index contributed by atoms with van der Waals surface area (Å²) in [5.74, 6) is 0. The minimum atomic E-state index is 0.652. The van der Waals surface area contributed by atoms with E-state index in [2.05, 4.69) is 144 Å². The van der Waals surface area contributed by atoms with Gasteiger partial charge in [0.2, 0.25) is 0 Å². The van der Waals surface area contributed by atoms with E-state index in [4.69, 9.17) is 0 Å². The van der Waals surface area contributed by atoms with Gasteiger partial charge in [0.05, 0.1) is 28.4 Å². The van der Waals surface area contributed by atoms with Crippen LogP contribution in [0.3, 0.4) is 0 Å². The van der Waals surface area contributed by atoms with Crippen LogP contribution in [-0.4, -0.2) is 4.57 Å². The third-order valence-corrected chi connectivity index (χ3v) is 7.77. The molecule has 7 aromatic rings. The summed E-state index contributed by atoms with van der Waals surface area (Å²) in [6.45, 7) is 2.16. The molecule has 0 spiro atoms.